The van der Waals surface area contributed by atoms with Gasteiger partial charge in [0.15, 0.2) is 5.82 Å². The van der Waals surface area contributed by atoms with Crippen LogP contribution in [0.15, 0.2) is 41.3 Å². The summed E-state index contributed by atoms with van der Waals surface area (Å²) in [6.45, 7) is 0. The van der Waals surface area contributed by atoms with Gasteiger partial charge in [0.2, 0.25) is 0 Å². The lowest BCUT2D eigenvalue weighted by Gasteiger charge is -2.08. The van der Waals surface area contributed by atoms with E-state index in [4.69, 9.17) is 11.6 Å². The first kappa shape index (κ1) is 15.6. The van der Waals surface area contributed by atoms with E-state index in [1.807, 2.05) is 0 Å². The zero-order valence-electron chi connectivity index (χ0n) is 10.8. The molecule has 1 N–H and O–H groups in total. The Bertz CT molecular complexity index is 737. The minimum Gasteiger partial charge on any atom is -0.322 e. The van der Waals surface area contributed by atoms with Gasteiger partial charge in [0.05, 0.1) is 26.3 Å². The molecule has 2 aromatic rings. The predicted octanol–water partition coefficient (Wildman–Crippen LogP) is 3.61. The van der Waals surface area contributed by atoms with Gasteiger partial charge in [-0.05, 0) is 30.3 Å². The Hall–Kier alpha value is -1.79. The summed E-state index contributed by atoms with van der Waals surface area (Å²) in [5, 5.41) is 2.18. The number of rotatable bonds is 3. The van der Waals surface area contributed by atoms with Crippen LogP contribution in [0, 0.1) is 11.6 Å². The van der Waals surface area contributed by atoms with Crippen LogP contribution in [0.5, 0.6) is 0 Å². The molecule has 0 aliphatic carbocycles. The first-order valence-corrected chi connectivity index (χ1v) is 7.72. The highest BCUT2D eigenvalue weighted by atomic mass is 35.5. The lowest BCUT2D eigenvalue weighted by atomic mass is 10.2. The minimum atomic E-state index is -1.47. The van der Waals surface area contributed by atoms with Crippen LogP contribution in [0.25, 0.3) is 0 Å². The maximum Gasteiger partial charge on any atom is 0.258 e. The second kappa shape index (κ2) is 6.32. The Morgan fingerprint density at radius 3 is 2.57 bits per heavy atom. The molecule has 2 rings (SSSR count). The lowest BCUT2D eigenvalue weighted by molar-refractivity contribution is 0.102. The van der Waals surface area contributed by atoms with Crippen molar-refractivity contribution in [3.8, 4) is 0 Å². The summed E-state index contributed by atoms with van der Waals surface area (Å²) in [7, 11) is -1.47. The molecule has 1 amide bonds. The van der Waals surface area contributed by atoms with Gasteiger partial charge in [0.25, 0.3) is 5.91 Å². The van der Waals surface area contributed by atoms with Gasteiger partial charge in [0.1, 0.15) is 5.82 Å². The number of benzene rings is 2. The standard InChI is InChI=1S/C14H10ClF2NO2S/c1-21(20)12-6-5-8(7-11(12)16)18-14(19)9-3-2-4-10(15)13(9)17/h2-7H,1H3,(H,18,19). The van der Waals surface area contributed by atoms with E-state index in [2.05, 4.69) is 5.32 Å². The van der Waals surface area contributed by atoms with E-state index in [0.717, 1.165) is 6.07 Å². The molecule has 0 fully saturated rings. The van der Waals surface area contributed by atoms with E-state index in [1.54, 1.807) is 0 Å². The molecule has 1 atom stereocenters. The predicted molar refractivity (Wildman–Crippen MR) is 78.1 cm³/mol. The smallest absolute Gasteiger partial charge is 0.258 e. The molecule has 0 bridgehead atoms. The molecule has 0 saturated heterocycles. The fourth-order valence-corrected chi connectivity index (χ4v) is 2.46. The summed E-state index contributed by atoms with van der Waals surface area (Å²) < 4.78 is 38.6. The summed E-state index contributed by atoms with van der Waals surface area (Å²) in [5.41, 5.74) is -0.114. The van der Waals surface area contributed by atoms with Crippen molar-refractivity contribution in [2.75, 3.05) is 11.6 Å². The van der Waals surface area contributed by atoms with Crippen molar-refractivity contribution in [2.45, 2.75) is 4.90 Å². The summed E-state index contributed by atoms with van der Waals surface area (Å²) in [6, 6.07) is 7.73. The van der Waals surface area contributed by atoms with Crippen LogP contribution < -0.4 is 5.32 Å². The summed E-state index contributed by atoms with van der Waals surface area (Å²) in [6.07, 6.45) is 1.35. The van der Waals surface area contributed by atoms with E-state index in [0.29, 0.717) is 0 Å². The maximum atomic E-state index is 13.7. The Morgan fingerprint density at radius 1 is 1.24 bits per heavy atom. The van der Waals surface area contributed by atoms with Crippen LogP contribution in [0.2, 0.25) is 5.02 Å². The van der Waals surface area contributed by atoms with Crippen molar-refractivity contribution < 1.29 is 17.8 Å². The molecule has 0 heterocycles. The van der Waals surface area contributed by atoms with Crippen LogP contribution in [0.3, 0.4) is 0 Å². The summed E-state index contributed by atoms with van der Waals surface area (Å²) >= 11 is 5.59. The van der Waals surface area contributed by atoms with Crippen molar-refractivity contribution in [3.05, 3.63) is 58.6 Å². The van der Waals surface area contributed by atoms with Crippen molar-refractivity contribution in [2.24, 2.45) is 0 Å². The van der Waals surface area contributed by atoms with Gasteiger partial charge in [-0.25, -0.2) is 8.78 Å². The molecule has 1 unspecified atom stereocenters. The van der Waals surface area contributed by atoms with Crippen molar-refractivity contribution in [1.82, 2.24) is 0 Å². The summed E-state index contributed by atoms with van der Waals surface area (Å²) in [5.74, 6) is -2.30. The van der Waals surface area contributed by atoms with Crippen LogP contribution in [-0.2, 0) is 10.8 Å². The molecule has 7 heteroatoms. The van der Waals surface area contributed by atoms with Gasteiger partial charge in [-0.2, -0.15) is 0 Å². The molecule has 0 spiro atoms. The SMILES string of the molecule is CS(=O)c1ccc(NC(=O)c2cccc(Cl)c2F)cc1F. The third-order valence-electron chi connectivity index (χ3n) is 2.70. The number of hydrogen-bond donors (Lipinski definition) is 1. The molecule has 0 aromatic heterocycles. The Morgan fingerprint density at radius 2 is 1.95 bits per heavy atom. The average Bonchev–Trinajstić information content (AvgIpc) is 2.41. The number of hydrogen-bond acceptors (Lipinski definition) is 2. The minimum absolute atomic E-state index is 0.0296. The lowest BCUT2D eigenvalue weighted by Crippen LogP contribution is -2.14. The van der Waals surface area contributed by atoms with E-state index in [1.165, 1.54) is 36.6 Å². The van der Waals surface area contributed by atoms with Gasteiger partial charge in [-0.15, -0.1) is 0 Å². The molecule has 21 heavy (non-hydrogen) atoms. The number of nitrogens with one attached hydrogen (secondary N) is 1. The zero-order chi connectivity index (χ0) is 15.6. The normalized spacial score (nSPS) is 12.0. The first-order chi connectivity index (χ1) is 9.90. The molecule has 2 aromatic carbocycles. The van der Waals surface area contributed by atoms with Crippen LogP contribution >= 0.6 is 11.6 Å². The zero-order valence-corrected chi connectivity index (χ0v) is 12.4. The van der Waals surface area contributed by atoms with Gasteiger partial charge >= 0.3 is 0 Å². The fraction of sp³-hybridized carbons (Fsp3) is 0.0714. The third-order valence-corrected chi connectivity index (χ3v) is 3.94. The van der Waals surface area contributed by atoms with Crippen molar-refractivity contribution in [3.63, 3.8) is 0 Å². The monoisotopic (exact) mass is 329 g/mol. The fourth-order valence-electron chi connectivity index (χ4n) is 1.69. The Labute approximate surface area is 127 Å². The van der Waals surface area contributed by atoms with Crippen LogP contribution in [0.4, 0.5) is 14.5 Å². The molecular formula is C14H10ClF2NO2S. The molecule has 3 nitrogen and oxygen atoms in total. The van der Waals surface area contributed by atoms with Gasteiger partial charge < -0.3 is 5.32 Å². The van der Waals surface area contributed by atoms with E-state index in [-0.39, 0.29) is 21.2 Å². The first-order valence-electron chi connectivity index (χ1n) is 5.78. The second-order valence-electron chi connectivity index (χ2n) is 4.15. The molecule has 0 aliphatic rings. The summed E-state index contributed by atoms with van der Waals surface area (Å²) in [4.78, 5) is 12.0. The quantitative estimate of drug-likeness (QED) is 0.935. The highest BCUT2D eigenvalue weighted by molar-refractivity contribution is 7.84. The average molecular weight is 330 g/mol. The largest absolute Gasteiger partial charge is 0.322 e. The van der Waals surface area contributed by atoms with E-state index >= 15 is 0 Å². The van der Waals surface area contributed by atoms with E-state index in [9.17, 15) is 17.8 Å². The van der Waals surface area contributed by atoms with Gasteiger partial charge in [0, 0.05) is 11.9 Å². The number of carbonyl (C=O) groups excluding carboxylic acids is 1. The van der Waals surface area contributed by atoms with Crippen LogP contribution in [0.1, 0.15) is 10.4 Å². The molecule has 0 saturated carbocycles. The molecular weight excluding hydrogens is 320 g/mol. The molecule has 0 aliphatic heterocycles. The second-order valence-corrected chi connectivity index (χ2v) is 5.91. The third kappa shape index (κ3) is 3.46. The topological polar surface area (TPSA) is 46.2 Å². The number of amides is 1. The van der Waals surface area contributed by atoms with E-state index < -0.39 is 28.3 Å². The van der Waals surface area contributed by atoms with Crippen molar-refractivity contribution in [1.29, 1.82) is 0 Å². The highest BCUT2D eigenvalue weighted by Crippen LogP contribution is 2.21. The number of anilines is 1. The van der Waals surface area contributed by atoms with Crippen LogP contribution in [-0.4, -0.2) is 16.4 Å². The highest BCUT2D eigenvalue weighted by Gasteiger charge is 2.15. The Balaban J connectivity index is 2.26. The molecule has 0 radical (unpaired) electrons. The van der Waals surface area contributed by atoms with Gasteiger partial charge in [-0.1, -0.05) is 17.7 Å². The maximum absolute atomic E-state index is 13.7. The molecule has 110 valence electrons. The number of halogens is 3. The van der Waals surface area contributed by atoms with Crippen molar-refractivity contribution >= 4 is 34.0 Å². The van der Waals surface area contributed by atoms with Gasteiger partial charge in [-0.3, -0.25) is 9.00 Å². The Kier molecular flexibility index (Phi) is 4.69. The number of carbonyl (C=O) groups is 1.